The molecule has 1 aliphatic heterocycles. The van der Waals surface area contributed by atoms with Crippen molar-refractivity contribution in [1.82, 2.24) is 15.5 Å². The van der Waals surface area contributed by atoms with E-state index in [9.17, 15) is 18.4 Å². The van der Waals surface area contributed by atoms with E-state index in [-0.39, 0.29) is 47.8 Å². The molecular weight excluding hydrogens is 406 g/mol. The minimum Gasteiger partial charge on any atom is -0.489 e. The molecule has 1 aromatic carbocycles. The molecule has 7 nitrogen and oxygen atoms in total. The van der Waals surface area contributed by atoms with Gasteiger partial charge in [0.1, 0.15) is 12.4 Å². The summed E-state index contributed by atoms with van der Waals surface area (Å²) < 4.78 is 31.7. The van der Waals surface area contributed by atoms with Crippen LogP contribution in [0.15, 0.2) is 35.3 Å². The number of allylic oxidation sites excluding steroid dienone is 2. The maximum atomic E-state index is 13.5. The van der Waals surface area contributed by atoms with Gasteiger partial charge in [-0.2, -0.15) is 0 Å². The predicted octanol–water partition coefficient (Wildman–Crippen LogP) is 1.71. The van der Waals surface area contributed by atoms with Crippen LogP contribution in [0.1, 0.15) is 12.8 Å². The number of aliphatic imine (C=N–C) groups is 1. The molecule has 2 fully saturated rings. The molecule has 1 heterocycles. The summed E-state index contributed by atoms with van der Waals surface area (Å²) in [7, 11) is 1.62. The van der Waals surface area contributed by atoms with Gasteiger partial charge in [-0.3, -0.25) is 19.5 Å². The molecule has 9 heteroatoms. The lowest BCUT2D eigenvalue weighted by Crippen LogP contribution is -2.41. The number of nitrogens with one attached hydrogen (secondary N) is 2. The van der Waals surface area contributed by atoms with Crippen LogP contribution in [0.5, 0.6) is 5.75 Å². The Bertz CT molecular complexity index is 890. The molecule has 31 heavy (non-hydrogen) atoms. The van der Waals surface area contributed by atoms with E-state index >= 15 is 0 Å². The number of benzene rings is 1. The zero-order chi connectivity index (χ0) is 22.0. The SMILES string of the molecule is CN=C(NCCCN1C(=O)C2C3C=CC(C3)C2C1=O)NCCOc1ccc(F)cc1F. The number of fused-ring (bicyclic) bond motifs is 5. The number of carbonyl (C=O) groups is 2. The molecule has 4 unspecified atom stereocenters. The summed E-state index contributed by atoms with van der Waals surface area (Å²) in [5.41, 5.74) is 0. The number of hydrogen-bond donors (Lipinski definition) is 2. The molecule has 0 aromatic heterocycles. The summed E-state index contributed by atoms with van der Waals surface area (Å²) in [6.07, 6.45) is 5.72. The molecule has 2 bridgehead atoms. The fourth-order valence-corrected chi connectivity index (χ4v) is 4.77. The molecule has 1 saturated carbocycles. The molecule has 0 spiro atoms. The zero-order valence-electron chi connectivity index (χ0n) is 17.3. The van der Waals surface area contributed by atoms with Gasteiger partial charge in [0, 0.05) is 26.2 Å². The Kier molecular flexibility index (Phi) is 6.20. The fraction of sp³-hybridized carbons (Fsp3) is 0.500. The lowest BCUT2D eigenvalue weighted by molar-refractivity contribution is -0.140. The van der Waals surface area contributed by atoms with Crippen molar-refractivity contribution in [2.24, 2.45) is 28.7 Å². The Balaban J connectivity index is 1.15. The van der Waals surface area contributed by atoms with Gasteiger partial charge in [-0.25, -0.2) is 8.78 Å². The quantitative estimate of drug-likeness (QED) is 0.215. The van der Waals surface area contributed by atoms with E-state index in [1.165, 1.54) is 11.0 Å². The third-order valence-corrected chi connectivity index (χ3v) is 6.18. The van der Waals surface area contributed by atoms with Crippen LogP contribution >= 0.6 is 0 Å². The number of nitrogens with zero attached hydrogens (tertiary/aromatic N) is 2. The number of halogens is 2. The number of ether oxygens (including phenoxy) is 1. The lowest BCUT2D eigenvalue weighted by atomic mass is 9.85. The Morgan fingerprint density at radius 2 is 1.81 bits per heavy atom. The van der Waals surface area contributed by atoms with E-state index in [1.807, 2.05) is 0 Å². The molecule has 2 amide bonds. The van der Waals surface area contributed by atoms with Gasteiger partial charge in [-0.1, -0.05) is 12.2 Å². The first-order chi connectivity index (χ1) is 15.0. The maximum absolute atomic E-state index is 13.5. The van der Waals surface area contributed by atoms with Crippen LogP contribution in [-0.2, 0) is 9.59 Å². The van der Waals surface area contributed by atoms with E-state index in [0.29, 0.717) is 32.0 Å². The summed E-state index contributed by atoms with van der Waals surface area (Å²) in [6.45, 7) is 1.45. The normalized spacial score (nSPS) is 26.5. The average Bonchev–Trinajstić information content (AvgIpc) is 3.43. The summed E-state index contributed by atoms with van der Waals surface area (Å²) in [5.74, 6) is -0.809. The van der Waals surface area contributed by atoms with Gasteiger partial charge in [0.2, 0.25) is 11.8 Å². The number of guanidine groups is 1. The van der Waals surface area contributed by atoms with Crippen molar-refractivity contribution in [3.05, 3.63) is 42.0 Å². The Hall–Kier alpha value is -2.97. The second-order valence-electron chi connectivity index (χ2n) is 8.03. The van der Waals surface area contributed by atoms with Crippen molar-refractivity contribution < 1.29 is 23.1 Å². The highest BCUT2D eigenvalue weighted by Gasteiger charge is 2.58. The molecule has 0 radical (unpaired) electrons. The van der Waals surface area contributed by atoms with Crippen LogP contribution in [-0.4, -0.2) is 56.0 Å². The van der Waals surface area contributed by atoms with Gasteiger partial charge in [-0.05, 0) is 36.8 Å². The molecule has 2 N–H and O–H groups in total. The molecule has 4 atom stereocenters. The lowest BCUT2D eigenvalue weighted by Gasteiger charge is -2.18. The maximum Gasteiger partial charge on any atom is 0.233 e. The number of likely N-dealkylation sites (tertiary alicyclic amines) is 1. The summed E-state index contributed by atoms with van der Waals surface area (Å²) >= 11 is 0. The fourth-order valence-electron chi connectivity index (χ4n) is 4.77. The topological polar surface area (TPSA) is 83.0 Å². The highest BCUT2D eigenvalue weighted by molar-refractivity contribution is 6.06. The second kappa shape index (κ2) is 9.03. The highest BCUT2D eigenvalue weighted by atomic mass is 19.1. The number of rotatable bonds is 8. The third-order valence-electron chi connectivity index (χ3n) is 6.18. The van der Waals surface area contributed by atoms with Crippen molar-refractivity contribution >= 4 is 17.8 Å². The van der Waals surface area contributed by atoms with Crippen LogP contribution < -0.4 is 15.4 Å². The smallest absolute Gasteiger partial charge is 0.233 e. The van der Waals surface area contributed by atoms with E-state index in [0.717, 1.165) is 18.6 Å². The van der Waals surface area contributed by atoms with Gasteiger partial charge in [0.15, 0.2) is 17.5 Å². The number of imide groups is 1. The van der Waals surface area contributed by atoms with Gasteiger partial charge >= 0.3 is 0 Å². The van der Waals surface area contributed by atoms with Gasteiger partial charge in [0.05, 0.1) is 18.4 Å². The summed E-state index contributed by atoms with van der Waals surface area (Å²) in [5, 5.41) is 6.15. The van der Waals surface area contributed by atoms with Crippen molar-refractivity contribution in [2.75, 3.05) is 33.3 Å². The Morgan fingerprint density at radius 1 is 1.13 bits per heavy atom. The standard InChI is InChI=1S/C22H26F2N4O3/c1-25-22(27-8-10-31-17-6-5-15(23)12-16(17)24)26-7-2-9-28-20(29)18-13-3-4-14(11-13)19(18)21(28)30/h3-6,12-14,18-19H,2,7-11H2,1H3,(H2,25,26,27). The van der Waals surface area contributed by atoms with Crippen LogP contribution in [0.4, 0.5) is 8.78 Å². The number of carbonyl (C=O) groups excluding carboxylic acids is 2. The molecule has 1 saturated heterocycles. The Labute approximate surface area is 179 Å². The molecule has 166 valence electrons. The minimum atomic E-state index is -0.749. The van der Waals surface area contributed by atoms with Crippen molar-refractivity contribution in [2.45, 2.75) is 12.8 Å². The van der Waals surface area contributed by atoms with E-state index < -0.39 is 11.6 Å². The molecule has 2 aliphatic carbocycles. The molecule has 3 aliphatic rings. The monoisotopic (exact) mass is 432 g/mol. The molecule has 4 rings (SSSR count). The Morgan fingerprint density at radius 3 is 2.45 bits per heavy atom. The van der Waals surface area contributed by atoms with Crippen molar-refractivity contribution in [1.29, 1.82) is 0 Å². The molecular formula is C22H26F2N4O3. The van der Waals surface area contributed by atoms with Crippen molar-refractivity contribution in [3.63, 3.8) is 0 Å². The van der Waals surface area contributed by atoms with E-state index in [4.69, 9.17) is 4.74 Å². The van der Waals surface area contributed by atoms with Gasteiger partial charge in [-0.15, -0.1) is 0 Å². The largest absolute Gasteiger partial charge is 0.489 e. The van der Waals surface area contributed by atoms with Crippen molar-refractivity contribution in [3.8, 4) is 5.75 Å². The number of amides is 2. The summed E-state index contributed by atoms with van der Waals surface area (Å²) in [6, 6.07) is 3.15. The third kappa shape index (κ3) is 4.26. The highest BCUT2D eigenvalue weighted by Crippen LogP contribution is 2.52. The first-order valence-corrected chi connectivity index (χ1v) is 10.6. The van der Waals surface area contributed by atoms with Gasteiger partial charge in [0.25, 0.3) is 0 Å². The average molecular weight is 432 g/mol. The number of hydrogen-bond acceptors (Lipinski definition) is 4. The van der Waals surface area contributed by atoms with Crippen LogP contribution in [0.2, 0.25) is 0 Å². The van der Waals surface area contributed by atoms with Crippen LogP contribution in [0.25, 0.3) is 0 Å². The first kappa shape index (κ1) is 21.3. The van der Waals surface area contributed by atoms with E-state index in [1.54, 1.807) is 7.05 Å². The van der Waals surface area contributed by atoms with Gasteiger partial charge < -0.3 is 15.4 Å². The first-order valence-electron chi connectivity index (χ1n) is 10.6. The molecule has 1 aromatic rings. The second-order valence-corrected chi connectivity index (χ2v) is 8.03. The predicted molar refractivity (Wildman–Crippen MR) is 110 cm³/mol. The zero-order valence-corrected chi connectivity index (χ0v) is 17.3. The van der Waals surface area contributed by atoms with Crippen LogP contribution in [0.3, 0.4) is 0 Å². The minimum absolute atomic E-state index is 0.0144. The van der Waals surface area contributed by atoms with Crippen LogP contribution in [0, 0.1) is 35.3 Å². The summed E-state index contributed by atoms with van der Waals surface area (Å²) in [4.78, 5) is 30.8. The van der Waals surface area contributed by atoms with E-state index in [2.05, 4.69) is 27.8 Å².